The minimum absolute atomic E-state index is 0.143. The van der Waals surface area contributed by atoms with E-state index >= 15 is 0 Å². The molecule has 5 heteroatoms. The molecule has 10 atom stereocenters. The molecule has 0 radical (unpaired) electrons. The predicted molar refractivity (Wildman–Crippen MR) is 116 cm³/mol. The Morgan fingerprint density at radius 2 is 1.97 bits per heavy atom. The fourth-order valence-electron chi connectivity index (χ4n) is 9.42. The summed E-state index contributed by atoms with van der Waals surface area (Å²) in [6.45, 7) is 4.78. The van der Waals surface area contributed by atoms with Crippen LogP contribution in [0.15, 0.2) is 12.3 Å². The quantitative estimate of drug-likeness (QED) is 0.793. The summed E-state index contributed by atoms with van der Waals surface area (Å²) in [5, 5.41) is 23.9. The van der Waals surface area contributed by atoms with E-state index < -0.39 is 5.60 Å². The van der Waals surface area contributed by atoms with E-state index in [-0.39, 0.29) is 11.3 Å². The van der Waals surface area contributed by atoms with E-state index in [1.54, 1.807) is 16.9 Å². The van der Waals surface area contributed by atoms with Crippen molar-refractivity contribution in [3.05, 3.63) is 18.0 Å². The Kier molecular flexibility index (Phi) is 4.30. The van der Waals surface area contributed by atoms with E-state index in [1.165, 1.54) is 38.5 Å². The third kappa shape index (κ3) is 2.97. The zero-order chi connectivity index (χ0) is 21.5. The van der Waals surface area contributed by atoms with Gasteiger partial charge >= 0.3 is 0 Å². The van der Waals surface area contributed by atoms with E-state index in [2.05, 4.69) is 18.1 Å². The van der Waals surface area contributed by atoms with Crippen molar-refractivity contribution in [3.63, 3.8) is 0 Å². The lowest BCUT2D eigenvalue weighted by atomic mass is 9.48. The third-order valence-corrected chi connectivity index (χ3v) is 10.4. The smallest absolute Gasteiger partial charge is 0.162 e. The molecule has 5 saturated carbocycles. The molecule has 0 amide bonds. The lowest BCUT2D eigenvalue weighted by molar-refractivity contribution is -0.136. The molecule has 0 aliphatic heterocycles. The monoisotopic (exact) mass is 421 g/mol. The standard InChI is InChI=1S/C26H35N3O2/c1-25(31)8-5-17-15(12-25)3-4-19-18(17)6-9-26(2)23(19)20-11-21(20)24(26)22(30)14-29-10-7-16(13-27)28-29/h7,10,15,17-21,23-24,31H,3-6,8-9,11-12,14H2,1-2H3/t15-,17+,18-,19-,20-,21+,23-,24-,25-,26+/m1/s1. The number of nitrogens with zero attached hydrogens (tertiary/aromatic N) is 3. The van der Waals surface area contributed by atoms with E-state index in [0.29, 0.717) is 35.8 Å². The average Bonchev–Trinajstić information content (AvgIpc) is 3.23. The summed E-state index contributed by atoms with van der Waals surface area (Å²) in [5.74, 6) is 5.65. The van der Waals surface area contributed by atoms with Gasteiger partial charge in [-0.15, -0.1) is 0 Å². The highest BCUT2D eigenvalue weighted by Gasteiger charge is 2.70. The molecular formula is C26H35N3O2. The maximum Gasteiger partial charge on any atom is 0.162 e. The molecule has 5 nitrogen and oxygen atoms in total. The first-order valence-corrected chi connectivity index (χ1v) is 12.5. The van der Waals surface area contributed by atoms with Crippen molar-refractivity contribution in [2.45, 2.75) is 77.4 Å². The van der Waals surface area contributed by atoms with Crippen molar-refractivity contribution in [2.75, 3.05) is 0 Å². The lowest BCUT2D eigenvalue weighted by Gasteiger charge is -2.57. The van der Waals surface area contributed by atoms with Crippen LogP contribution in [-0.4, -0.2) is 26.3 Å². The van der Waals surface area contributed by atoms with Crippen LogP contribution in [0, 0.1) is 64.1 Å². The fraction of sp³-hybridized carbons (Fsp3) is 0.808. The molecule has 31 heavy (non-hydrogen) atoms. The van der Waals surface area contributed by atoms with Crippen molar-refractivity contribution in [1.82, 2.24) is 9.78 Å². The number of nitriles is 1. The molecule has 0 saturated heterocycles. The van der Waals surface area contributed by atoms with Gasteiger partial charge in [-0.3, -0.25) is 9.48 Å². The summed E-state index contributed by atoms with van der Waals surface area (Å²) < 4.78 is 1.67. The van der Waals surface area contributed by atoms with Gasteiger partial charge in [0.05, 0.1) is 12.1 Å². The number of aromatic nitrogens is 2. The van der Waals surface area contributed by atoms with E-state index in [9.17, 15) is 9.90 Å². The molecular weight excluding hydrogens is 386 g/mol. The van der Waals surface area contributed by atoms with Crippen LogP contribution in [-0.2, 0) is 11.3 Å². The molecule has 5 aliphatic carbocycles. The number of rotatable bonds is 3. The van der Waals surface area contributed by atoms with E-state index in [4.69, 9.17) is 5.26 Å². The number of hydrogen-bond donors (Lipinski definition) is 1. The second-order valence-electron chi connectivity index (χ2n) is 12.2. The van der Waals surface area contributed by atoms with E-state index in [0.717, 1.165) is 36.5 Å². The molecule has 5 aliphatic rings. The molecule has 166 valence electrons. The molecule has 6 rings (SSSR count). The number of Topliss-reactive ketones (excluding diaryl/α,β-unsaturated/α-hetero) is 1. The predicted octanol–water partition coefficient (Wildman–Crippen LogP) is 4.20. The average molecular weight is 422 g/mol. The molecule has 1 heterocycles. The van der Waals surface area contributed by atoms with Gasteiger partial charge in [-0.2, -0.15) is 10.4 Å². The largest absolute Gasteiger partial charge is 0.390 e. The number of aliphatic hydroxyl groups is 1. The third-order valence-electron chi connectivity index (χ3n) is 10.4. The van der Waals surface area contributed by atoms with Gasteiger partial charge in [0.2, 0.25) is 0 Å². The van der Waals surface area contributed by atoms with Crippen molar-refractivity contribution >= 4 is 5.78 Å². The van der Waals surface area contributed by atoms with Gasteiger partial charge in [0, 0.05) is 12.1 Å². The first kappa shape index (κ1) is 20.0. The highest BCUT2D eigenvalue weighted by atomic mass is 16.3. The molecule has 1 N–H and O–H groups in total. The van der Waals surface area contributed by atoms with Gasteiger partial charge in [0.15, 0.2) is 11.5 Å². The van der Waals surface area contributed by atoms with Crippen LogP contribution < -0.4 is 0 Å². The van der Waals surface area contributed by atoms with Gasteiger partial charge in [-0.1, -0.05) is 6.92 Å². The Hall–Kier alpha value is -1.67. The Morgan fingerprint density at radius 3 is 2.74 bits per heavy atom. The zero-order valence-electron chi connectivity index (χ0n) is 18.8. The van der Waals surface area contributed by atoms with Crippen molar-refractivity contribution in [2.24, 2.45) is 52.8 Å². The van der Waals surface area contributed by atoms with E-state index in [1.807, 2.05) is 6.92 Å². The summed E-state index contributed by atoms with van der Waals surface area (Å²) in [6.07, 6.45) is 11.2. The highest BCUT2D eigenvalue weighted by molar-refractivity contribution is 5.83. The van der Waals surface area contributed by atoms with Gasteiger partial charge in [-0.25, -0.2) is 0 Å². The topological polar surface area (TPSA) is 78.9 Å². The molecule has 0 spiro atoms. The van der Waals surface area contributed by atoms with Crippen LogP contribution >= 0.6 is 0 Å². The minimum atomic E-state index is -0.457. The van der Waals surface area contributed by atoms with Gasteiger partial charge in [0.25, 0.3) is 0 Å². The Morgan fingerprint density at radius 1 is 1.16 bits per heavy atom. The molecule has 0 aromatic carbocycles. The van der Waals surface area contributed by atoms with Crippen LogP contribution in [0.4, 0.5) is 0 Å². The lowest BCUT2D eigenvalue weighted by Crippen LogP contribution is -2.52. The van der Waals surface area contributed by atoms with Gasteiger partial charge < -0.3 is 5.11 Å². The molecule has 0 bridgehead atoms. The summed E-state index contributed by atoms with van der Waals surface area (Å²) >= 11 is 0. The highest BCUT2D eigenvalue weighted by Crippen LogP contribution is 2.74. The van der Waals surface area contributed by atoms with Gasteiger partial charge in [0.1, 0.15) is 6.07 Å². The van der Waals surface area contributed by atoms with Crippen LogP contribution in [0.3, 0.4) is 0 Å². The summed E-state index contributed by atoms with van der Waals surface area (Å²) in [7, 11) is 0. The first-order valence-electron chi connectivity index (χ1n) is 12.5. The second kappa shape index (κ2) is 6.67. The van der Waals surface area contributed by atoms with Crippen molar-refractivity contribution in [3.8, 4) is 6.07 Å². The number of carbonyl (C=O) groups is 1. The zero-order valence-corrected chi connectivity index (χ0v) is 18.8. The maximum atomic E-state index is 13.5. The summed E-state index contributed by atoms with van der Waals surface area (Å²) in [4.78, 5) is 13.5. The van der Waals surface area contributed by atoms with Crippen LogP contribution in [0.1, 0.15) is 70.9 Å². The number of fused-ring (bicyclic) bond motifs is 7. The summed E-state index contributed by atoms with van der Waals surface area (Å²) in [6, 6.07) is 3.75. The maximum absolute atomic E-state index is 13.5. The summed E-state index contributed by atoms with van der Waals surface area (Å²) in [5.41, 5.74) is 0.0716. The van der Waals surface area contributed by atoms with Crippen LogP contribution in [0.5, 0.6) is 0 Å². The Labute approximate surface area is 185 Å². The molecule has 5 fully saturated rings. The normalized spacial score (nSPS) is 49.9. The van der Waals surface area contributed by atoms with Crippen LogP contribution in [0.25, 0.3) is 0 Å². The Balaban J connectivity index is 1.22. The molecule has 1 aromatic heterocycles. The number of ketones is 1. The van der Waals surface area contributed by atoms with Gasteiger partial charge in [-0.05, 0) is 111 Å². The SMILES string of the molecule is C[C@@]1(O)CC[C@H]2[C@H](CC[C@@H]3[C@@H]2CC[C@@]2(C)[C@H]3[C@@H]3C[C@@H]3[C@@H]2C(=O)Cn2ccc(C#N)n2)C1. The fourth-order valence-corrected chi connectivity index (χ4v) is 9.42. The van der Waals surface area contributed by atoms with Crippen molar-refractivity contribution < 1.29 is 9.90 Å². The molecule has 0 unspecified atom stereocenters. The molecule has 1 aromatic rings. The second-order valence-corrected chi connectivity index (χ2v) is 12.2. The minimum Gasteiger partial charge on any atom is -0.390 e. The van der Waals surface area contributed by atoms with Crippen molar-refractivity contribution in [1.29, 1.82) is 5.26 Å². The van der Waals surface area contributed by atoms with Crippen LogP contribution in [0.2, 0.25) is 0 Å². The number of hydrogen-bond acceptors (Lipinski definition) is 4. The first-order chi connectivity index (χ1) is 14.8. The Bertz CT molecular complexity index is 945. The number of carbonyl (C=O) groups excluding carboxylic acids is 1.